The minimum Gasteiger partial charge on any atom is -0.337 e. The number of quaternary nitrogens is 1. The van der Waals surface area contributed by atoms with Crippen LogP contribution in [-0.4, -0.2) is 69.9 Å². The Hall–Kier alpha value is -1.93. The molecule has 1 heterocycles. The van der Waals surface area contributed by atoms with E-state index in [0.717, 1.165) is 21.7 Å². The van der Waals surface area contributed by atoms with Gasteiger partial charge in [-0.15, -0.1) is 0 Å². The molecule has 1 aromatic rings. The molecule has 0 bridgehead atoms. The summed E-state index contributed by atoms with van der Waals surface area (Å²) < 4.78 is 23.1. The number of nitrogens with one attached hydrogen (secondary N) is 2. The van der Waals surface area contributed by atoms with Crippen molar-refractivity contribution in [2.24, 2.45) is 0 Å². The molecule has 2 amide bonds. The summed E-state index contributed by atoms with van der Waals surface area (Å²) in [6.07, 6.45) is 0.483. The molecule has 0 saturated carbocycles. The number of rotatable bonds is 6. The molecule has 1 aliphatic heterocycles. The topological polar surface area (TPSA) is 88.0 Å². The number of carbonyl (C=O) groups excluding carboxylic acids is 2. The summed E-state index contributed by atoms with van der Waals surface area (Å²) in [5, 5.41) is 2.89. The van der Waals surface area contributed by atoms with Gasteiger partial charge in [0.1, 0.15) is 0 Å². The maximum atomic E-state index is 12.4. The molecule has 1 unspecified atom stereocenters. The number of anilines is 1. The fraction of sp³-hybridized carbons (Fsp3) is 0.556. The number of amides is 2. The lowest BCUT2D eigenvalue weighted by molar-refractivity contribution is -0.862. The Morgan fingerprint density at radius 3 is 2.58 bits per heavy atom. The Kier molecular flexibility index (Phi) is 6.41. The summed E-state index contributed by atoms with van der Waals surface area (Å²) in [6, 6.07) is 5.47. The number of hydrogen-bond acceptors (Lipinski definition) is 4. The number of sulfone groups is 1. The summed E-state index contributed by atoms with van der Waals surface area (Å²) in [7, 11) is 0.385. The van der Waals surface area contributed by atoms with Crippen LogP contribution in [0.2, 0.25) is 0 Å². The average molecular weight is 383 g/mol. The molecule has 1 aromatic carbocycles. The highest BCUT2D eigenvalue weighted by Crippen LogP contribution is 2.18. The Balaban J connectivity index is 1.85. The van der Waals surface area contributed by atoms with Crippen molar-refractivity contribution in [2.75, 3.05) is 44.0 Å². The molecule has 0 spiro atoms. The molecule has 1 saturated heterocycles. The molecule has 7 nitrogen and oxygen atoms in total. The standard InChI is InChI=1S/C18H27N3O4S/c1-13-6-5-7-16(14(13)2)19-17(22)10-20(3)11-18(23)21(4)15-8-9-26(24,25)12-15/h5-7,15H,8-12H2,1-4H3,(H,19,22)/p+1/t15-/m1/s1. The third-order valence-corrected chi connectivity index (χ3v) is 6.69. The Morgan fingerprint density at radius 2 is 1.96 bits per heavy atom. The summed E-state index contributed by atoms with van der Waals surface area (Å²) in [5.74, 6) is -0.142. The van der Waals surface area contributed by atoms with E-state index in [9.17, 15) is 18.0 Å². The van der Waals surface area contributed by atoms with Gasteiger partial charge in [-0.3, -0.25) is 9.59 Å². The third-order valence-electron chi connectivity index (χ3n) is 4.94. The van der Waals surface area contributed by atoms with Gasteiger partial charge in [-0.25, -0.2) is 8.42 Å². The number of likely N-dealkylation sites (N-methyl/N-ethyl adjacent to an activating group) is 2. The molecule has 144 valence electrons. The SMILES string of the molecule is Cc1cccc(NC(=O)C[NH+](C)CC(=O)N(C)[C@@H]2CCS(=O)(=O)C2)c1C. The van der Waals surface area contributed by atoms with Crippen LogP contribution < -0.4 is 10.2 Å². The van der Waals surface area contributed by atoms with Crippen LogP contribution >= 0.6 is 0 Å². The first-order valence-electron chi connectivity index (χ1n) is 8.72. The first kappa shape index (κ1) is 20.4. The second-order valence-corrected chi connectivity index (χ2v) is 9.40. The van der Waals surface area contributed by atoms with E-state index in [4.69, 9.17) is 0 Å². The highest BCUT2D eigenvalue weighted by atomic mass is 32.2. The van der Waals surface area contributed by atoms with Crippen molar-refractivity contribution < 1.29 is 22.9 Å². The van der Waals surface area contributed by atoms with E-state index in [0.29, 0.717) is 6.42 Å². The van der Waals surface area contributed by atoms with Crippen LogP contribution in [0.25, 0.3) is 0 Å². The molecule has 2 N–H and O–H groups in total. The van der Waals surface area contributed by atoms with Crippen LogP contribution in [0.5, 0.6) is 0 Å². The van der Waals surface area contributed by atoms with Gasteiger partial charge in [0.25, 0.3) is 11.8 Å². The van der Waals surface area contributed by atoms with Gasteiger partial charge in [-0.2, -0.15) is 0 Å². The van der Waals surface area contributed by atoms with E-state index < -0.39 is 9.84 Å². The lowest BCUT2D eigenvalue weighted by Gasteiger charge is -2.24. The monoisotopic (exact) mass is 382 g/mol. The largest absolute Gasteiger partial charge is 0.337 e. The van der Waals surface area contributed by atoms with Crippen LogP contribution in [0.1, 0.15) is 17.5 Å². The second-order valence-electron chi connectivity index (χ2n) is 7.17. The van der Waals surface area contributed by atoms with Crippen molar-refractivity contribution in [3.05, 3.63) is 29.3 Å². The van der Waals surface area contributed by atoms with Crippen molar-refractivity contribution in [3.8, 4) is 0 Å². The van der Waals surface area contributed by atoms with E-state index in [2.05, 4.69) is 5.32 Å². The van der Waals surface area contributed by atoms with Crippen LogP contribution in [-0.2, 0) is 19.4 Å². The average Bonchev–Trinajstić information content (AvgIpc) is 2.90. The maximum absolute atomic E-state index is 12.4. The van der Waals surface area contributed by atoms with Crippen molar-refractivity contribution in [3.63, 3.8) is 0 Å². The summed E-state index contributed by atoms with van der Waals surface area (Å²) in [6.45, 7) is 4.25. The van der Waals surface area contributed by atoms with Crippen LogP contribution in [0.15, 0.2) is 18.2 Å². The molecular formula is C18H28N3O4S+. The molecule has 1 aliphatic rings. The number of carbonyl (C=O) groups is 2. The van der Waals surface area contributed by atoms with Crippen LogP contribution in [0, 0.1) is 13.8 Å². The Labute approximate surface area is 155 Å². The van der Waals surface area contributed by atoms with Gasteiger partial charge in [0.05, 0.1) is 18.6 Å². The molecule has 2 atom stereocenters. The van der Waals surface area contributed by atoms with Gasteiger partial charge in [0, 0.05) is 18.8 Å². The molecule has 8 heteroatoms. The fourth-order valence-corrected chi connectivity index (χ4v) is 4.86. The smallest absolute Gasteiger partial charge is 0.279 e. The van der Waals surface area contributed by atoms with Gasteiger partial charge >= 0.3 is 0 Å². The zero-order valence-electron chi connectivity index (χ0n) is 15.8. The third kappa shape index (κ3) is 5.28. The highest BCUT2D eigenvalue weighted by Gasteiger charge is 2.33. The first-order valence-corrected chi connectivity index (χ1v) is 10.5. The fourth-order valence-electron chi connectivity index (χ4n) is 3.08. The van der Waals surface area contributed by atoms with Crippen molar-refractivity contribution in [2.45, 2.75) is 26.3 Å². The van der Waals surface area contributed by atoms with Gasteiger partial charge in [0.2, 0.25) is 0 Å². The summed E-state index contributed by atoms with van der Waals surface area (Å²) >= 11 is 0. The van der Waals surface area contributed by atoms with E-state index in [1.807, 2.05) is 32.0 Å². The normalized spacial score (nSPS) is 19.8. The van der Waals surface area contributed by atoms with Crippen molar-refractivity contribution in [1.82, 2.24) is 4.90 Å². The molecule has 0 radical (unpaired) electrons. The zero-order chi connectivity index (χ0) is 19.5. The van der Waals surface area contributed by atoms with E-state index in [-0.39, 0.29) is 42.5 Å². The van der Waals surface area contributed by atoms with Gasteiger partial charge in [0.15, 0.2) is 22.9 Å². The number of hydrogen-bond donors (Lipinski definition) is 2. The number of nitrogens with zero attached hydrogens (tertiary/aromatic N) is 1. The number of benzene rings is 1. The molecule has 1 fully saturated rings. The molecule has 0 aromatic heterocycles. The first-order chi connectivity index (χ1) is 12.1. The van der Waals surface area contributed by atoms with Gasteiger partial charge < -0.3 is 15.1 Å². The minimum absolute atomic E-state index is 0.0292. The van der Waals surface area contributed by atoms with Gasteiger partial charge in [-0.05, 0) is 37.5 Å². The van der Waals surface area contributed by atoms with Crippen molar-refractivity contribution in [1.29, 1.82) is 0 Å². The van der Waals surface area contributed by atoms with E-state index in [1.165, 1.54) is 4.90 Å². The van der Waals surface area contributed by atoms with E-state index in [1.54, 1.807) is 14.1 Å². The zero-order valence-corrected chi connectivity index (χ0v) is 16.6. The summed E-state index contributed by atoms with van der Waals surface area (Å²) in [5.41, 5.74) is 2.91. The predicted octanol–water partition coefficient (Wildman–Crippen LogP) is -0.598. The van der Waals surface area contributed by atoms with E-state index >= 15 is 0 Å². The lowest BCUT2D eigenvalue weighted by Crippen LogP contribution is -3.11. The second kappa shape index (κ2) is 8.18. The van der Waals surface area contributed by atoms with Crippen molar-refractivity contribution >= 4 is 27.3 Å². The Morgan fingerprint density at radius 1 is 1.27 bits per heavy atom. The highest BCUT2D eigenvalue weighted by molar-refractivity contribution is 7.91. The predicted molar refractivity (Wildman–Crippen MR) is 101 cm³/mol. The van der Waals surface area contributed by atoms with Crippen LogP contribution in [0.3, 0.4) is 0 Å². The molecule has 26 heavy (non-hydrogen) atoms. The number of aryl methyl sites for hydroxylation is 1. The molecule has 2 rings (SSSR count). The lowest BCUT2D eigenvalue weighted by atomic mass is 10.1. The van der Waals surface area contributed by atoms with Crippen LogP contribution in [0.4, 0.5) is 5.69 Å². The quantitative estimate of drug-likeness (QED) is 0.688. The molecular weight excluding hydrogens is 354 g/mol. The van der Waals surface area contributed by atoms with Gasteiger partial charge in [-0.1, -0.05) is 12.1 Å². The molecule has 0 aliphatic carbocycles. The Bertz CT molecular complexity index is 792. The maximum Gasteiger partial charge on any atom is 0.279 e. The minimum atomic E-state index is -3.03. The summed E-state index contributed by atoms with van der Waals surface area (Å²) in [4.78, 5) is 26.9.